The summed E-state index contributed by atoms with van der Waals surface area (Å²) in [5.74, 6) is 0. The third-order valence-corrected chi connectivity index (χ3v) is 3.93. The van der Waals surface area contributed by atoms with E-state index in [0.717, 1.165) is 16.6 Å². The number of aromatic amines is 1. The maximum absolute atomic E-state index is 10.2. The van der Waals surface area contributed by atoms with Crippen LogP contribution in [0.2, 0.25) is 0 Å². The fourth-order valence-corrected chi connectivity index (χ4v) is 1.81. The van der Waals surface area contributed by atoms with Gasteiger partial charge in [0.15, 0.2) is 0 Å². The van der Waals surface area contributed by atoms with Crippen molar-refractivity contribution >= 4 is 23.5 Å². The Bertz CT molecular complexity index is 616. The lowest BCUT2D eigenvalue weighted by Crippen LogP contribution is -2.53. The van der Waals surface area contributed by atoms with Crippen LogP contribution in [0.15, 0.2) is 18.2 Å². The maximum atomic E-state index is 10.2. The van der Waals surface area contributed by atoms with Gasteiger partial charge in [-0.05, 0) is 46.1 Å². The summed E-state index contributed by atoms with van der Waals surface area (Å²) in [5, 5.41) is 28.4. The molecule has 1 aromatic heterocycles. The minimum absolute atomic E-state index is 0.612. The number of aryl methyl sites for hydroxylation is 1. The summed E-state index contributed by atoms with van der Waals surface area (Å²) >= 11 is 0. The Labute approximate surface area is 119 Å². The first-order valence-corrected chi connectivity index (χ1v) is 6.65. The molecule has 2 aromatic rings. The molecule has 20 heavy (non-hydrogen) atoms. The molecule has 0 aliphatic carbocycles. The molecule has 1 heterocycles. The van der Waals surface area contributed by atoms with Gasteiger partial charge < -0.3 is 14.8 Å². The molecule has 0 saturated heterocycles. The second-order valence-corrected chi connectivity index (χ2v) is 6.16. The van der Waals surface area contributed by atoms with Crippen molar-refractivity contribution in [3.63, 3.8) is 0 Å². The van der Waals surface area contributed by atoms with Gasteiger partial charge in [0.05, 0.1) is 16.7 Å². The number of hydrogen-bond donors (Lipinski definition) is 3. The highest BCUT2D eigenvalue weighted by molar-refractivity contribution is 6.60. The molecular weight excluding hydrogens is 255 g/mol. The number of fused-ring (bicyclic) bond motifs is 1. The number of hydrogen-bond acceptors (Lipinski definition) is 4. The first-order chi connectivity index (χ1) is 9.12. The minimum Gasteiger partial charge on any atom is -0.423 e. The van der Waals surface area contributed by atoms with Gasteiger partial charge in [0, 0.05) is 11.1 Å². The van der Waals surface area contributed by atoms with E-state index in [4.69, 9.17) is 4.65 Å². The van der Waals surface area contributed by atoms with Crippen molar-refractivity contribution < 1.29 is 14.8 Å². The van der Waals surface area contributed by atoms with Gasteiger partial charge in [-0.2, -0.15) is 5.10 Å². The number of nitrogens with one attached hydrogen (secondary N) is 1. The molecular formula is C14H21BN2O3. The Hall–Kier alpha value is -1.37. The molecule has 0 saturated carbocycles. The molecule has 0 fully saturated rings. The van der Waals surface area contributed by atoms with Gasteiger partial charge >= 0.3 is 7.12 Å². The first-order valence-electron chi connectivity index (χ1n) is 6.65. The highest BCUT2D eigenvalue weighted by Crippen LogP contribution is 2.25. The van der Waals surface area contributed by atoms with E-state index in [1.165, 1.54) is 0 Å². The van der Waals surface area contributed by atoms with E-state index in [9.17, 15) is 10.1 Å². The van der Waals surface area contributed by atoms with Crippen molar-refractivity contribution in [2.24, 2.45) is 0 Å². The van der Waals surface area contributed by atoms with Crippen LogP contribution in [-0.4, -0.2) is 38.6 Å². The van der Waals surface area contributed by atoms with E-state index in [1.807, 2.05) is 13.0 Å². The number of H-pyrrole nitrogens is 1. The van der Waals surface area contributed by atoms with Crippen LogP contribution in [0.3, 0.4) is 0 Å². The predicted octanol–water partition coefficient (Wildman–Crippen LogP) is 1.12. The standard InChI is InChI=1S/C14H21BN2O3/c1-9-11-7-6-10(8-12(11)17-16-9)15(19)20-14(4,5)13(2,3)18/h6-8,18-19H,1-5H3,(H,16,17). The van der Waals surface area contributed by atoms with Crippen LogP contribution < -0.4 is 5.46 Å². The molecule has 0 atom stereocenters. The van der Waals surface area contributed by atoms with Crippen LogP contribution >= 0.6 is 0 Å². The van der Waals surface area contributed by atoms with E-state index in [2.05, 4.69) is 10.2 Å². The predicted molar refractivity (Wildman–Crippen MR) is 79.9 cm³/mol. The van der Waals surface area contributed by atoms with Crippen LogP contribution in [0.1, 0.15) is 33.4 Å². The van der Waals surface area contributed by atoms with Crippen molar-refractivity contribution in [3.05, 3.63) is 23.9 Å². The van der Waals surface area contributed by atoms with Crippen LogP contribution in [0.5, 0.6) is 0 Å². The molecule has 3 N–H and O–H groups in total. The van der Waals surface area contributed by atoms with E-state index >= 15 is 0 Å². The van der Waals surface area contributed by atoms with E-state index in [-0.39, 0.29) is 0 Å². The van der Waals surface area contributed by atoms with Crippen molar-refractivity contribution in [1.82, 2.24) is 10.2 Å². The van der Waals surface area contributed by atoms with E-state index < -0.39 is 18.3 Å². The Morgan fingerprint density at radius 2 is 1.90 bits per heavy atom. The lowest BCUT2D eigenvalue weighted by molar-refractivity contribution is -0.0982. The van der Waals surface area contributed by atoms with Crippen molar-refractivity contribution in [2.45, 2.75) is 45.8 Å². The number of nitrogens with zero attached hydrogens (tertiary/aromatic N) is 1. The Kier molecular flexibility index (Phi) is 3.66. The fourth-order valence-electron chi connectivity index (χ4n) is 1.81. The zero-order valence-electron chi connectivity index (χ0n) is 12.6. The number of rotatable bonds is 4. The second kappa shape index (κ2) is 4.88. The van der Waals surface area contributed by atoms with Crippen molar-refractivity contribution in [3.8, 4) is 0 Å². The van der Waals surface area contributed by atoms with Gasteiger partial charge in [-0.1, -0.05) is 12.1 Å². The topological polar surface area (TPSA) is 78.4 Å². The van der Waals surface area contributed by atoms with Gasteiger partial charge in [0.2, 0.25) is 0 Å². The van der Waals surface area contributed by atoms with Gasteiger partial charge in [0.25, 0.3) is 0 Å². The summed E-state index contributed by atoms with van der Waals surface area (Å²) in [6.45, 7) is 8.74. The quantitative estimate of drug-likeness (QED) is 0.731. The maximum Gasteiger partial charge on any atom is 0.491 e. The Balaban J connectivity index is 2.25. The fraction of sp³-hybridized carbons (Fsp3) is 0.500. The molecule has 0 unspecified atom stereocenters. The van der Waals surface area contributed by atoms with Crippen LogP contribution in [0.25, 0.3) is 10.9 Å². The Morgan fingerprint density at radius 3 is 2.50 bits per heavy atom. The molecule has 0 aliphatic rings. The zero-order valence-corrected chi connectivity index (χ0v) is 12.6. The molecule has 0 spiro atoms. The molecule has 0 radical (unpaired) electrons. The van der Waals surface area contributed by atoms with Gasteiger partial charge in [-0.15, -0.1) is 0 Å². The number of benzene rings is 1. The minimum atomic E-state index is -1.11. The lowest BCUT2D eigenvalue weighted by atomic mass is 9.76. The summed E-state index contributed by atoms with van der Waals surface area (Å²) < 4.78 is 5.61. The van der Waals surface area contributed by atoms with Crippen LogP contribution in [-0.2, 0) is 4.65 Å². The average Bonchev–Trinajstić information content (AvgIpc) is 2.68. The van der Waals surface area contributed by atoms with E-state index in [0.29, 0.717) is 5.46 Å². The van der Waals surface area contributed by atoms with Gasteiger partial charge in [0.1, 0.15) is 0 Å². The molecule has 5 nitrogen and oxygen atoms in total. The third-order valence-electron chi connectivity index (χ3n) is 3.93. The summed E-state index contributed by atoms with van der Waals surface area (Å²) in [4.78, 5) is 0. The average molecular weight is 276 g/mol. The van der Waals surface area contributed by atoms with Crippen LogP contribution in [0, 0.1) is 6.92 Å². The normalized spacial score (nSPS) is 12.9. The van der Waals surface area contributed by atoms with Crippen LogP contribution in [0.4, 0.5) is 0 Å². The molecule has 0 amide bonds. The molecule has 108 valence electrons. The summed E-state index contributed by atoms with van der Waals surface area (Å²) in [6, 6.07) is 5.48. The summed E-state index contributed by atoms with van der Waals surface area (Å²) in [7, 11) is -1.11. The van der Waals surface area contributed by atoms with Crippen molar-refractivity contribution in [2.75, 3.05) is 0 Å². The van der Waals surface area contributed by atoms with Gasteiger partial charge in [-0.3, -0.25) is 5.10 Å². The molecule has 2 rings (SSSR count). The van der Waals surface area contributed by atoms with Crippen molar-refractivity contribution in [1.29, 1.82) is 0 Å². The molecule has 0 bridgehead atoms. The molecule has 0 aliphatic heterocycles. The largest absolute Gasteiger partial charge is 0.491 e. The SMILES string of the molecule is Cc1[nH]nc2cc(B(O)OC(C)(C)C(C)(C)O)ccc12. The number of aromatic nitrogens is 2. The van der Waals surface area contributed by atoms with E-state index in [1.54, 1.807) is 39.8 Å². The monoisotopic (exact) mass is 276 g/mol. The zero-order chi connectivity index (χ0) is 15.1. The highest BCUT2D eigenvalue weighted by Gasteiger charge is 2.39. The molecule has 1 aromatic carbocycles. The third kappa shape index (κ3) is 2.72. The second-order valence-electron chi connectivity index (χ2n) is 6.16. The van der Waals surface area contributed by atoms with Gasteiger partial charge in [-0.25, -0.2) is 0 Å². The highest BCUT2D eigenvalue weighted by atomic mass is 16.5. The smallest absolute Gasteiger partial charge is 0.423 e. The molecule has 6 heteroatoms. The Morgan fingerprint density at radius 1 is 1.25 bits per heavy atom. The lowest BCUT2D eigenvalue weighted by Gasteiger charge is -2.38. The summed E-state index contributed by atoms with van der Waals surface area (Å²) in [6.07, 6.45) is 0. The number of aliphatic hydroxyl groups is 1. The first kappa shape index (κ1) is 15.0. The summed E-state index contributed by atoms with van der Waals surface area (Å²) in [5.41, 5.74) is 0.424.